The Morgan fingerprint density at radius 2 is 1.78 bits per heavy atom. The van der Waals surface area contributed by atoms with E-state index in [4.69, 9.17) is 22.6 Å². The molecule has 11 heteroatoms. The maximum absolute atomic E-state index is 11.8. The van der Waals surface area contributed by atoms with Gasteiger partial charge in [-0.2, -0.15) is 16.8 Å². The van der Waals surface area contributed by atoms with Crippen LogP contribution in [-0.4, -0.2) is 74.3 Å². The van der Waals surface area contributed by atoms with Crippen molar-refractivity contribution in [3.05, 3.63) is 35.5 Å². The van der Waals surface area contributed by atoms with E-state index in [1.165, 1.54) is 37.7 Å². The molecule has 0 spiro atoms. The maximum atomic E-state index is 11.8. The van der Waals surface area contributed by atoms with Gasteiger partial charge >= 0.3 is 0 Å². The molecule has 5 rings (SSSR count). The Bertz CT molecular complexity index is 1390. The van der Waals surface area contributed by atoms with E-state index in [1.54, 1.807) is 24.8 Å². The third-order valence-corrected chi connectivity index (χ3v) is 13.2. The molecule has 0 bridgehead atoms. The van der Waals surface area contributed by atoms with Crippen molar-refractivity contribution >= 4 is 20.2 Å². The summed E-state index contributed by atoms with van der Waals surface area (Å²) in [5, 5.41) is 0. The van der Waals surface area contributed by atoms with Crippen LogP contribution in [0, 0.1) is 34.5 Å². The zero-order valence-corrected chi connectivity index (χ0v) is 30.2. The van der Waals surface area contributed by atoms with E-state index in [0.29, 0.717) is 17.3 Å². The number of unbranched alkanes of at least 4 members (excludes halogenated alkanes) is 2. The van der Waals surface area contributed by atoms with Crippen LogP contribution in [0.5, 0.6) is 0 Å². The van der Waals surface area contributed by atoms with Crippen LogP contribution in [-0.2, 0) is 42.8 Å². The fraction of sp³-hybridized carbons (Fsp3) is 0.829. The highest BCUT2D eigenvalue weighted by molar-refractivity contribution is 7.86. The molecule has 0 aromatic carbocycles. The van der Waals surface area contributed by atoms with Crippen molar-refractivity contribution in [2.75, 3.05) is 32.8 Å². The van der Waals surface area contributed by atoms with Crippen molar-refractivity contribution in [3.63, 3.8) is 0 Å². The highest BCUT2D eigenvalue weighted by Crippen LogP contribution is 2.67. The van der Waals surface area contributed by atoms with E-state index in [9.17, 15) is 16.8 Å². The molecule has 4 aliphatic carbocycles. The molecule has 0 amide bonds. The summed E-state index contributed by atoms with van der Waals surface area (Å²) in [6.45, 7) is 7.95. The first-order valence-corrected chi connectivity index (χ1v) is 20.8. The molecule has 0 aromatic rings. The van der Waals surface area contributed by atoms with Crippen LogP contribution in [0.1, 0.15) is 91.4 Å². The van der Waals surface area contributed by atoms with Crippen molar-refractivity contribution in [2.45, 2.75) is 116 Å². The monoisotopic (exact) mass is 684 g/mol. The van der Waals surface area contributed by atoms with Gasteiger partial charge in [0.25, 0.3) is 20.2 Å². The molecule has 3 fully saturated rings. The average Bonchev–Trinajstić information content (AvgIpc) is 3.33. The van der Waals surface area contributed by atoms with E-state index in [2.05, 4.69) is 32.9 Å². The molecular formula is C35H56O9S2. The van der Waals surface area contributed by atoms with E-state index in [1.807, 2.05) is 0 Å². The molecule has 5 aliphatic rings. The lowest BCUT2D eigenvalue weighted by molar-refractivity contribution is -0.199. The Labute approximate surface area is 277 Å². The van der Waals surface area contributed by atoms with Crippen molar-refractivity contribution < 1.29 is 39.4 Å². The molecule has 262 valence electrons. The second kappa shape index (κ2) is 14.4. The minimum absolute atomic E-state index is 0.0456. The summed E-state index contributed by atoms with van der Waals surface area (Å²) in [4.78, 5) is 0. The standard InChI is InChI=1S/C35H56O9S2/c1-24(10-8-7-9-21-40-4)28-13-14-29-27-12-11-25-22-26(17-19-34(25,2)30(27)18-20-35(28,29)3)42-33-16-15-31(44-46(6,38)39)32(43-33)23-41-45(5,36)37/h10-11,15-16,26-33H,7-9,12-14,17-23H2,1-6H3/b24-10+/t26-,27-,28+,29-,30-,31-,32+,33?,34-,35+/m0/s1. The molecule has 0 aromatic heterocycles. The topological polar surface area (TPSA) is 114 Å². The predicted octanol–water partition coefficient (Wildman–Crippen LogP) is 6.32. The fourth-order valence-electron chi connectivity index (χ4n) is 9.86. The van der Waals surface area contributed by atoms with Crippen molar-refractivity contribution in [1.82, 2.24) is 0 Å². The van der Waals surface area contributed by atoms with Crippen molar-refractivity contribution in [1.29, 1.82) is 0 Å². The number of ether oxygens (including phenoxy) is 3. The lowest BCUT2D eigenvalue weighted by Crippen LogP contribution is -2.51. The van der Waals surface area contributed by atoms with E-state index in [-0.39, 0.29) is 18.1 Å². The van der Waals surface area contributed by atoms with Crippen LogP contribution in [0.2, 0.25) is 0 Å². The smallest absolute Gasteiger partial charge is 0.265 e. The SMILES string of the molecule is COCCCC/C=C(\C)[C@H]1CC[C@H]2[C@@H]3CC=C4C[C@@H](OC5C=C[C@H](OS(C)(=O)=O)[C@@H](COS(C)(=O)=O)O5)CC[C@]4(C)[C@H]3CC[C@]12C. The third kappa shape index (κ3) is 8.20. The summed E-state index contributed by atoms with van der Waals surface area (Å²) in [6.07, 6.45) is 20.1. The third-order valence-electron chi connectivity index (χ3n) is 12.1. The molecule has 0 saturated heterocycles. The quantitative estimate of drug-likeness (QED) is 0.125. The van der Waals surface area contributed by atoms with Gasteiger partial charge in [0.1, 0.15) is 12.2 Å². The zero-order chi connectivity index (χ0) is 33.3. The molecular weight excluding hydrogens is 629 g/mol. The highest BCUT2D eigenvalue weighted by atomic mass is 32.2. The molecule has 3 saturated carbocycles. The summed E-state index contributed by atoms with van der Waals surface area (Å²) in [7, 11) is -5.78. The molecule has 0 radical (unpaired) electrons. The lowest BCUT2D eigenvalue weighted by atomic mass is 9.47. The molecule has 10 atom stereocenters. The Balaban J connectivity index is 1.22. The van der Waals surface area contributed by atoms with Crippen LogP contribution in [0.25, 0.3) is 0 Å². The summed E-state index contributed by atoms with van der Waals surface area (Å²) >= 11 is 0. The van der Waals surface area contributed by atoms with Crippen molar-refractivity contribution in [3.8, 4) is 0 Å². The lowest BCUT2D eigenvalue weighted by Gasteiger charge is -2.58. The van der Waals surface area contributed by atoms with Gasteiger partial charge in [0, 0.05) is 13.7 Å². The fourth-order valence-corrected chi connectivity index (χ4v) is 10.8. The van der Waals surface area contributed by atoms with E-state index < -0.39 is 38.7 Å². The maximum Gasteiger partial charge on any atom is 0.265 e. The minimum atomic E-state index is -3.80. The van der Waals surface area contributed by atoms with Crippen LogP contribution in [0.3, 0.4) is 0 Å². The normalized spacial score (nSPS) is 39.8. The first kappa shape index (κ1) is 36.2. The Hall–Kier alpha value is -1.08. The highest BCUT2D eigenvalue weighted by Gasteiger charge is 2.58. The van der Waals surface area contributed by atoms with Gasteiger partial charge in [-0.1, -0.05) is 43.2 Å². The van der Waals surface area contributed by atoms with Gasteiger partial charge in [0.2, 0.25) is 0 Å². The number of rotatable bonds is 13. The van der Waals surface area contributed by atoms with Crippen LogP contribution in [0.15, 0.2) is 35.5 Å². The van der Waals surface area contributed by atoms with Crippen LogP contribution in [0.4, 0.5) is 0 Å². The number of allylic oxidation sites excluding steroid dienone is 3. The molecule has 1 unspecified atom stereocenters. The first-order valence-electron chi connectivity index (χ1n) is 17.2. The number of hydrogen-bond acceptors (Lipinski definition) is 9. The van der Waals surface area contributed by atoms with Gasteiger partial charge in [-0.25, -0.2) is 0 Å². The molecule has 46 heavy (non-hydrogen) atoms. The summed E-state index contributed by atoms with van der Waals surface area (Å²) in [5.41, 5.74) is 3.68. The van der Waals surface area contributed by atoms with Crippen molar-refractivity contribution in [2.24, 2.45) is 34.5 Å². The Morgan fingerprint density at radius 1 is 1.00 bits per heavy atom. The van der Waals surface area contributed by atoms with Gasteiger partial charge in [-0.05, 0) is 118 Å². The molecule has 0 N–H and O–H groups in total. The Morgan fingerprint density at radius 3 is 2.50 bits per heavy atom. The number of hydrogen-bond donors (Lipinski definition) is 0. The van der Waals surface area contributed by atoms with E-state index in [0.717, 1.165) is 69.5 Å². The summed E-state index contributed by atoms with van der Waals surface area (Å²) in [6, 6.07) is 0. The number of fused-ring (bicyclic) bond motifs is 5. The average molecular weight is 685 g/mol. The van der Waals surface area contributed by atoms with Crippen LogP contribution < -0.4 is 0 Å². The molecule has 1 aliphatic heterocycles. The minimum Gasteiger partial charge on any atom is -0.385 e. The van der Waals surface area contributed by atoms with Crippen LogP contribution >= 0.6 is 0 Å². The second-order valence-electron chi connectivity index (χ2n) is 15.1. The van der Waals surface area contributed by atoms with Gasteiger partial charge in [0.05, 0.1) is 25.2 Å². The summed E-state index contributed by atoms with van der Waals surface area (Å²) in [5.74, 6) is 2.89. The molecule has 1 heterocycles. The molecule has 9 nitrogen and oxygen atoms in total. The van der Waals surface area contributed by atoms with E-state index >= 15 is 0 Å². The van der Waals surface area contributed by atoms with Gasteiger partial charge in [0.15, 0.2) is 6.29 Å². The predicted molar refractivity (Wildman–Crippen MR) is 178 cm³/mol. The van der Waals surface area contributed by atoms with Gasteiger partial charge in [-0.15, -0.1) is 0 Å². The second-order valence-corrected chi connectivity index (χ2v) is 18.3. The zero-order valence-electron chi connectivity index (χ0n) is 28.6. The van der Waals surface area contributed by atoms with Gasteiger partial charge < -0.3 is 14.2 Å². The van der Waals surface area contributed by atoms with Gasteiger partial charge in [-0.3, -0.25) is 8.37 Å². The summed E-state index contributed by atoms with van der Waals surface area (Å²) < 4.78 is 74.5. The Kier molecular flexibility index (Phi) is 11.3. The first-order chi connectivity index (χ1) is 21.6. The largest absolute Gasteiger partial charge is 0.385 e. The number of methoxy groups -OCH3 is 1.